The molecule has 0 aliphatic carbocycles. The van der Waals surface area contributed by atoms with Crippen molar-refractivity contribution in [1.82, 2.24) is 9.55 Å². The molecule has 0 saturated carbocycles. The number of para-hydroxylation sites is 1. The van der Waals surface area contributed by atoms with E-state index in [1.54, 1.807) is 0 Å². The molecular weight excluding hydrogens is 566 g/mol. The van der Waals surface area contributed by atoms with Crippen molar-refractivity contribution in [1.29, 1.82) is 0 Å². The number of fused-ring (bicyclic) bond motifs is 3. The average molecular weight is 616 g/mol. The average Bonchev–Trinajstić information content (AvgIpc) is 3.68. The minimum absolute atomic E-state index is 0.0596. The zero-order valence-corrected chi connectivity index (χ0v) is 28.6. The standard InChI is InChI=1S/C41H49N3O2/c1-8-13-28(14-9-2)36-26-45-40(43-36)30-21-29(27(4)5)22-33(23-30)46-32-17-18-35-34-15-11-12-16-37(34)44(38(35)25-32)39-24-31(19-20-42-39)41(6,7)10-3/h11-12,15-25,27-28,36H,8-10,13-14,26H2,1-7H3/t36-/m0/s1. The first kappa shape index (κ1) is 31.8. The lowest BCUT2D eigenvalue weighted by Crippen LogP contribution is -2.19. The van der Waals surface area contributed by atoms with Gasteiger partial charge in [-0.2, -0.15) is 0 Å². The fraction of sp³-hybridized carbons (Fsp3) is 0.415. The van der Waals surface area contributed by atoms with Crippen LogP contribution in [0.3, 0.4) is 0 Å². The lowest BCUT2D eigenvalue weighted by molar-refractivity contribution is 0.261. The van der Waals surface area contributed by atoms with Crippen LogP contribution in [0.4, 0.5) is 0 Å². The second kappa shape index (κ2) is 13.3. The lowest BCUT2D eigenvalue weighted by atomic mass is 9.83. The topological polar surface area (TPSA) is 48.6 Å². The van der Waals surface area contributed by atoms with E-state index in [9.17, 15) is 0 Å². The van der Waals surface area contributed by atoms with Gasteiger partial charge in [0.25, 0.3) is 0 Å². The Hall–Kier alpha value is -4.12. The van der Waals surface area contributed by atoms with Crippen molar-refractivity contribution in [3.63, 3.8) is 0 Å². The van der Waals surface area contributed by atoms with Gasteiger partial charge in [-0.25, -0.2) is 9.98 Å². The number of ether oxygens (including phenoxy) is 2. The van der Waals surface area contributed by atoms with E-state index in [1.807, 2.05) is 6.20 Å². The molecule has 5 heteroatoms. The Morgan fingerprint density at radius 2 is 1.63 bits per heavy atom. The van der Waals surface area contributed by atoms with Gasteiger partial charge in [0.15, 0.2) is 0 Å². The summed E-state index contributed by atoms with van der Waals surface area (Å²) in [4.78, 5) is 9.98. The molecule has 1 atom stereocenters. The summed E-state index contributed by atoms with van der Waals surface area (Å²) in [6.07, 6.45) is 7.72. The number of pyridine rings is 1. The van der Waals surface area contributed by atoms with Crippen LogP contribution in [0.15, 0.2) is 84.0 Å². The van der Waals surface area contributed by atoms with Crippen molar-refractivity contribution in [3.8, 4) is 17.3 Å². The number of nitrogens with zero attached hydrogens (tertiary/aromatic N) is 3. The van der Waals surface area contributed by atoms with Gasteiger partial charge in [0, 0.05) is 28.6 Å². The van der Waals surface area contributed by atoms with Crippen molar-refractivity contribution < 1.29 is 9.47 Å². The molecule has 5 aromatic rings. The number of hydrogen-bond acceptors (Lipinski definition) is 4. The van der Waals surface area contributed by atoms with Crippen LogP contribution in [0.2, 0.25) is 0 Å². The minimum Gasteiger partial charge on any atom is -0.475 e. The zero-order valence-electron chi connectivity index (χ0n) is 28.6. The van der Waals surface area contributed by atoms with E-state index in [4.69, 9.17) is 19.5 Å². The van der Waals surface area contributed by atoms with Gasteiger partial charge in [0.05, 0.1) is 17.1 Å². The summed E-state index contributed by atoms with van der Waals surface area (Å²) in [6, 6.07) is 26.0. The molecule has 6 rings (SSSR count). The quantitative estimate of drug-likeness (QED) is 0.140. The normalized spacial score (nSPS) is 15.2. The van der Waals surface area contributed by atoms with Gasteiger partial charge < -0.3 is 9.47 Å². The van der Waals surface area contributed by atoms with E-state index in [1.165, 1.54) is 47.6 Å². The van der Waals surface area contributed by atoms with Gasteiger partial charge >= 0.3 is 0 Å². The highest BCUT2D eigenvalue weighted by molar-refractivity contribution is 6.09. The highest BCUT2D eigenvalue weighted by Crippen LogP contribution is 2.37. The molecule has 1 aliphatic heterocycles. The van der Waals surface area contributed by atoms with Gasteiger partial charge in [-0.15, -0.1) is 0 Å². The maximum atomic E-state index is 6.67. The molecule has 0 unspecified atom stereocenters. The molecule has 3 aromatic carbocycles. The molecule has 46 heavy (non-hydrogen) atoms. The molecule has 3 heterocycles. The van der Waals surface area contributed by atoms with Gasteiger partial charge in [-0.1, -0.05) is 79.5 Å². The summed E-state index contributed by atoms with van der Waals surface area (Å²) in [5, 5.41) is 2.38. The number of hydrogen-bond donors (Lipinski definition) is 0. The summed E-state index contributed by atoms with van der Waals surface area (Å²) < 4.78 is 15.2. The molecule has 0 radical (unpaired) electrons. The Bertz CT molecular complexity index is 1860. The van der Waals surface area contributed by atoms with E-state index >= 15 is 0 Å². The van der Waals surface area contributed by atoms with Crippen LogP contribution in [0.25, 0.3) is 27.6 Å². The van der Waals surface area contributed by atoms with E-state index in [0.717, 1.165) is 46.2 Å². The predicted molar refractivity (Wildman–Crippen MR) is 192 cm³/mol. The highest BCUT2D eigenvalue weighted by atomic mass is 16.5. The first-order valence-electron chi connectivity index (χ1n) is 17.3. The monoisotopic (exact) mass is 615 g/mol. The highest BCUT2D eigenvalue weighted by Gasteiger charge is 2.28. The number of benzene rings is 3. The fourth-order valence-electron chi connectivity index (χ4n) is 6.76. The Morgan fingerprint density at radius 1 is 0.870 bits per heavy atom. The molecule has 0 N–H and O–H groups in total. The summed E-state index contributed by atoms with van der Waals surface area (Å²) in [6.45, 7) is 16.4. The van der Waals surface area contributed by atoms with Crippen LogP contribution >= 0.6 is 0 Å². The van der Waals surface area contributed by atoms with Crippen molar-refractivity contribution in [3.05, 3.63) is 95.7 Å². The first-order valence-corrected chi connectivity index (χ1v) is 17.3. The molecule has 0 spiro atoms. The maximum Gasteiger partial charge on any atom is 0.216 e. The molecule has 0 bridgehead atoms. The molecule has 0 saturated heterocycles. The molecule has 1 aliphatic rings. The summed E-state index contributed by atoms with van der Waals surface area (Å²) >= 11 is 0. The second-order valence-electron chi connectivity index (χ2n) is 13.9. The third kappa shape index (κ3) is 6.29. The number of rotatable bonds is 12. The van der Waals surface area contributed by atoms with Crippen LogP contribution in [0.1, 0.15) is 103 Å². The largest absolute Gasteiger partial charge is 0.475 e. The first-order chi connectivity index (χ1) is 22.2. The maximum absolute atomic E-state index is 6.67. The Balaban J connectivity index is 1.40. The van der Waals surface area contributed by atoms with Gasteiger partial charge in [0.2, 0.25) is 5.90 Å². The van der Waals surface area contributed by atoms with Gasteiger partial charge in [-0.3, -0.25) is 4.57 Å². The van der Waals surface area contributed by atoms with Crippen molar-refractivity contribution in [2.24, 2.45) is 10.9 Å². The molecule has 0 amide bonds. The van der Waals surface area contributed by atoms with Crippen LogP contribution in [0.5, 0.6) is 11.5 Å². The molecule has 240 valence electrons. The van der Waals surface area contributed by atoms with Crippen LogP contribution in [-0.4, -0.2) is 28.1 Å². The summed E-state index contributed by atoms with van der Waals surface area (Å²) in [5.41, 5.74) is 5.74. The Labute approximate surface area is 274 Å². The third-order valence-corrected chi connectivity index (χ3v) is 9.90. The van der Waals surface area contributed by atoms with Gasteiger partial charge in [-0.05, 0) is 96.2 Å². The summed E-state index contributed by atoms with van der Waals surface area (Å²) in [7, 11) is 0. The number of aromatic nitrogens is 2. The van der Waals surface area contributed by atoms with Crippen LogP contribution in [-0.2, 0) is 10.2 Å². The minimum atomic E-state index is 0.0596. The zero-order chi connectivity index (χ0) is 32.4. The molecular formula is C41H49N3O2. The number of aliphatic imine (C=N–C) groups is 1. The van der Waals surface area contributed by atoms with Crippen molar-refractivity contribution in [2.75, 3.05) is 6.61 Å². The SMILES string of the molecule is CCCC(CCC)[C@@H]1COC(c2cc(Oc3ccc4c5ccccc5n(-c5cc(C(C)(C)CC)ccn5)c4c3)cc(C(C)C)c2)=N1. The Morgan fingerprint density at radius 3 is 2.37 bits per heavy atom. The molecule has 5 nitrogen and oxygen atoms in total. The van der Waals surface area contributed by atoms with E-state index in [0.29, 0.717) is 18.4 Å². The van der Waals surface area contributed by atoms with Crippen molar-refractivity contribution in [2.45, 2.75) is 97.9 Å². The predicted octanol–water partition coefficient (Wildman–Crippen LogP) is 11.1. The van der Waals surface area contributed by atoms with Crippen LogP contribution in [0, 0.1) is 5.92 Å². The lowest BCUT2D eigenvalue weighted by Gasteiger charge is -2.23. The van der Waals surface area contributed by atoms with Gasteiger partial charge in [0.1, 0.15) is 23.9 Å². The second-order valence-corrected chi connectivity index (χ2v) is 13.9. The molecule has 0 fully saturated rings. The van der Waals surface area contributed by atoms with E-state index in [2.05, 4.69) is 126 Å². The van der Waals surface area contributed by atoms with E-state index < -0.39 is 0 Å². The fourth-order valence-corrected chi connectivity index (χ4v) is 6.76. The molecule has 2 aromatic heterocycles. The van der Waals surface area contributed by atoms with E-state index in [-0.39, 0.29) is 11.5 Å². The van der Waals surface area contributed by atoms with Crippen LogP contribution < -0.4 is 4.74 Å². The summed E-state index contributed by atoms with van der Waals surface area (Å²) in [5.74, 6) is 4.14. The third-order valence-electron chi connectivity index (χ3n) is 9.90. The Kier molecular flexibility index (Phi) is 9.22. The van der Waals surface area contributed by atoms with Crippen molar-refractivity contribution >= 4 is 27.7 Å². The smallest absolute Gasteiger partial charge is 0.216 e.